The molecule has 3 rings (SSSR count). The number of aryl methyl sites for hydroxylation is 1. The number of nitrogens with one attached hydrogen (secondary N) is 2. The molecule has 2 N–H and O–H groups in total. The van der Waals surface area contributed by atoms with Crippen LogP contribution in [0.4, 0.5) is 0 Å². The van der Waals surface area contributed by atoms with Gasteiger partial charge in [0.2, 0.25) is 0 Å². The summed E-state index contributed by atoms with van der Waals surface area (Å²) >= 11 is 0. The molecular weight excluding hydrogens is 475 g/mol. The Labute approximate surface area is 192 Å². The third kappa shape index (κ3) is 6.69. The van der Waals surface area contributed by atoms with Gasteiger partial charge in [0.1, 0.15) is 11.6 Å². The van der Waals surface area contributed by atoms with Crippen molar-refractivity contribution in [2.75, 3.05) is 19.6 Å². The third-order valence-corrected chi connectivity index (χ3v) is 5.36. The summed E-state index contributed by atoms with van der Waals surface area (Å²) in [6.45, 7) is 10.00. The largest absolute Gasteiger partial charge is 0.357 e. The van der Waals surface area contributed by atoms with Gasteiger partial charge >= 0.3 is 0 Å². The third-order valence-electron chi connectivity index (χ3n) is 5.36. The van der Waals surface area contributed by atoms with Gasteiger partial charge in [-0.3, -0.25) is 4.99 Å². The number of nitrogens with zero attached hydrogens (tertiary/aromatic N) is 4. The first-order valence-electron chi connectivity index (χ1n) is 10.6. The smallest absolute Gasteiger partial charge is 0.191 e. The number of hydrogen-bond donors (Lipinski definition) is 2. The Hall–Kier alpha value is -1.64. The van der Waals surface area contributed by atoms with Crippen molar-refractivity contribution in [3.63, 3.8) is 0 Å². The quantitative estimate of drug-likeness (QED) is 0.339. The van der Waals surface area contributed by atoms with E-state index in [9.17, 15) is 0 Å². The minimum atomic E-state index is -0.00601. The van der Waals surface area contributed by atoms with E-state index >= 15 is 0 Å². The number of benzene rings is 1. The molecule has 0 fully saturated rings. The van der Waals surface area contributed by atoms with Crippen molar-refractivity contribution in [3.05, 3.63) is 47.5 Å². The summed E-state index contributed by atoms with van der Waals surface area (Å²) in [5.74, 6) is 3.10. The SMILES string of the molecule is CCNC(=NCC(C)(C)c1ccccc1)NCCc1nnc2n1CCCCC2.I. The Morgan fingerprint density at radius 3 is 2.66 bits per heavy atom. The van der Waals surface area contributed by atoms with Crippen LogP contribution in [0.3, 0.4) is 0 Å². The standard InChI is InChI=1S/C22H34N6.HI/c1-4-23-21(25-17-22(2,3)18-11-7-5-8-12-18)24-15-14-20-27-26-19-13-9-6-10-16-28(19)20;/h5,7-8,11-12H,4,6,9-10,13-17H2,1-3H3,(H2,23,24,25);1H. The van der Waals surface area contributed by atoms with Crippen molar-refractivity contribution in [1.82, 2.24) is 25.4 Å². The number of guanidine groups is 1. The molecular formula is C22H35IN6. The molecule has 6 nitrogen and oxygen atoms in total. The van der Waals surface area contributed by atoms with Crippen molar-refractivity contribution in [3.8, 4) is 0 Å². The molecule has 160 valence electrons. The summed E-state index contributed by atoms with van der Waals surface area (Å²) in [6.07, 6.45) is 5.66. The molecule has 0 saturated carbocycles. The van der Waals surface area contributed by atoms with Crippen LogP contribution < -0.4 is 10.6 Å². The monoisotopic (exact) mass is 510 g/mol. The highest BCUT2D eigenvalue weighted by atomic mass is 127. The molecule has 1 aliphatic rings. The Kier molecular flexibility index (Phi) is 9.39. The number of halogens is 1. The van der Waals surface area contributed by atoms with Crippen molar-refractivity contribution in [1.29, 1.82) is 0 Å². The highest BCUT2D eigenvalue weighted by Gasteiger charge is 2.20. The Morgan fingerprint density at radius 1 is 1.10 bits per heavy atom. The molecule has 2 aromatic rings. The molecule has 1 aromatic heterocycles. The lowest BCUT2D eigenvalue weighted by Crippen LogP contribution is -2.39. The fourth-order valence-corrected chi connectivity index (χ4v) is 3.62. The normalized spacial score (nSPS) is 14.5. The van der Waals surface area contributed by atoms with E-state index in [1.54, 1.807) is 0 Å². The van der Waals surface area contributed by atoms with Crippen molar-refractivity contribution >= 4 is 29.9 Å². The van der Waals surface area contributed by atoms with E-state index in [0.717, 1.165) is 56.6 Å². The molecule has 0 unspecified atom stereocenters. The molecule has 0 spiro atoms. The molecule has 7 heteroatoms. The van der Waals surface area contributed by atoms with E-state index in [1.165, 1.54) is 24.8 Å². The molecule has 1 aromatic carbocycles. The van der Waals surface area contributed by atoms with Gasteiger partial charge in [0, 0.05) is 37.9 Å². The second-order valence-corrected chi connectivity index (χ2v) is 8.12. The summed E-state index contributed by atoms with van der Waals surface area (Å²) in [7, 11) is 0. The summed E-state index contributed by atoms with van der Waals surface area (Å²) < 4.78 is 2.32. The second kappa shape index (κ2) is 11.5. The van der Waals surface area contributed by atoms with Gasteiger partial charge in [-0.1, -0.05) is 50.6 Å². The summed E-state index contributed by atoms with van der Waals surface area (Å²) in [4.78, 5) is 4.83. The van der Waals surface area contributed by atoms with Gasteiger partial charge in [-0.05, 0) is 25.3 Å². The molecule has 0 bridgehead atoms. The zero-order chi connectivity index (χ0) is 19.8. The minimum Gasteiger partial charge on any atom is -0.357 e. The molecule has 0 amide bonds. The highest BCUT2D eigenvalue weighted by Crippen LogP contribution is 2.23. The fourth-order valence-electron chi connectivity index (χ4n) is 3.62. The lowest BCUT2D eigenvalue weighted by molar-refractivity contribution is 0.537. The van der Waals surface area contributed by atoms with Crippen LogP contribution in [0.5, 0.6) is 0 Å². The molecule has 1 aliphatic heterocycles. The van der Waals surface area contributed by atoms with Crippen LogP contribution in [0.25, 0.3) is 0 Å². The molecule has 0 radical (unpaired) electrons. The van der Waals surface area contributed by atoms with Gasteiger partial charge in [0.25, 0.3) is 0 Å². The Balaban J connectivity index is 0.00000300. The summed E-state index contributed by atoms with van der Waals surface area (Å²) in [6, 6.07) is 10.6. The number of hydrogen-bond acceptors (Lipinski definition) is 3. The van der Waals surface area contributed by atoms with Gasteiger partial charge in [0.15, 0.2) is 5.96 Å². The summed E-state index contributed by atoms with van der Waals surface area (Å²) in [5.41, 5.74) is 1.30. The number of aliphatic imine (C=N–C) groups is 1. The molecule has 0 aliphatic carbocycles. The van der Waals surface area contributed by atoms with Gasteiger partial charge in [0.05, 0.1) is 6.54 Å². The topological polar surface area (TPSA) is 67.1 Å². The van der Waals surface area contributed by atoms with Crippen molar-refractivity contribution < 1.29 is 0 Å². The van der Waals surface area contributed by atoms with Gasteiger partial charge < -0.3 is 15.2 Å². The van der Waals surface area contributed by atoms with Gasteiger partial charge in [-0.15, -0.1) is 34.2 Å². The Morgan fingerprint density at radius 2 is 1.90 bits per heavy atom. The predicted octanol–water partition coefficient (Wildman–Crippen LogP) is 3.70. The average molecular weight is 510 g/mol. The minimum absolute atomic E-state index is 0. The van der Waals surface area contributed by atoms with E-state index in [1.807, 2.05) is 0 Å². The van der Waals surface area contributed by atoms with Crippen molar-refractivity contribution in [2.45, 2.75) is 64.8 Å². The summed E-state index contributed by atoms with van der Waals surface area (Å²) in [5, 5.41) is 15.6. The maximum Gasteiger partial charge on any atom is 0.191 e. The molecule has 0 atom stereocenters. The first-order valence-corrected chi connectivity index (χ1v) is 10.6. The van der Waals surface area contributed by atoms with Crippen LogP contribution in [0.1, 0.15) is 57.2 Å². The van der Waals surface area contributed by atoms with Crippen LogP contribution in [-0.4, -0.2) is 40.4 Å². The van der Waals surface area contributed by atoms with Crippen LogP contribution in [-0.2, 0) is 24.8 Å². The van der Waals surface area contributed by atoms with E-state index in [2.05, 4.69) is 76.5 Å². The van der Waals surface area contributed by atoms with Crippen LogP contribution in [0.15, 0.2) is 35.3 Å². The Bertz CT molecular complexity index is 769. The van der Waals surface area contributed by atoms with Crippen LogP contribution >= 0.6 is 24.0 Å². The first-order chi connectivity index (χ1) is 13.6. The second-order valence-electron chi connectivity index (χ2n) is 8.12. The number of aromatic nitrogens is 3. The number of fused-ring (bicyclic) bond motifs is 1. The highest BCUT2D eigenvalue weighted by molar-refractivity contribution is 14.0. The maximum atomic E-state index is 4.83. The van der Waals surface area contributed by atoms with Crippen LogP contribution in [0.2, 0.25) is 0 Å². The average Bonchev–Trinajstić information content (AvgIpc) is 2.93. The molecule has 2 heterocycles. The van der Waals surface area contributed by atoms with Crippen molar-refractivity contribution in [2.24, 2.45) is 4.99 Å². The number of rotatable bonds is 7. The molecule has 0 saturated heterocycles. The zero-order valence-electron chi connectivity index (χ0n) is 17.9. The fraction of sp³-hybridized carbons (Fsp3) is 0.591. The van der Waals surface area contributed by atoms with E-state index in [0.29, 0.717) is 0 Å². The van der Waals surface area contributed by atoms with Gasteiger partial charge in [-0.2, -0.15) is 0 Å². The van der Waals surface area contributed by atoms with Gasteiger partial charge in [-0.25, -0.2) is 0 Å². The van der Waals surface area contributed by atoms with E-state index in [4.69, 9.17) is 4.99 Å². The lowest BCUT2D eigenvalue weighted by atomic mass is 9.85. The van der Waals surface area contributed by atoms with E-state index in [-0.39, 0.29) is 29.4 Å². The zero-order valence-corrected chi connectivity index (χ0v) is 20.3. The first kappa shape index (κ1) is 23.6. The lowest BCUT2D eigenvalue weighted by Gasteiger charge is -2.24. The predicted molar refractivity (Wildman–Crippen MR) is 130 cm³/mol. The van der Waals surface area contributed by atoms with E-state index < -0.39 is 0 Å². The van der Waals surface area contributed by atoms with Crippen LogP contribution in [0, 0.1) is 0 Å². The molecule has 29 heavy (non-hydrogen) atoms. The maximum absolute atomic E-state index is 4.83.